The maximum atomic E-state index is 12.1. The molecule has 8 heteroatoms. The number of likely N-dealkylation sites (tertiary alicyclic amines) is 1. The van der Waals surface area contributed by atoms with Gasteiger partial charge in [-0.1, -0.05) is 18.7 Å². The van der Waals surface area contributed by atoms with Gasteiger partial charge in [0.05, 0.1) is 0 Å². The van der Waals surface area contributed by atoms with E-state index < -0.39 is 0 Å². The Morgan fingerprint density at radius 1 is 1.18 bits per heavy atom. The van der Waals surface area contributed by atoms with E-state index in [0.717, 1.165) is 43.0 Å². The van der Waals surface area contributed by atoms with E-state index in [-0.39, 0.29) is 5.91 Å². The highest BCUT2D eigenvalue weighted by Gasteiger charge is 2.23. The van der Waals surface area contributed by atoms with Gasteiger partial charge in [-0.15, -0.1) is 0 Å². The number of carbonyl (C=O) groups excluding carboxylic acids is 1. The number of hydrogen-bond acceptors (Lipinski definition) is 7. The molecule has 1 aliphatic carbocycles. The second-order valence-electron chi connectivity index (χ2n) is 9.06. The van der Waals surface area contributed by atoms with Gasteiger partial charge in [0.25, 0.3) is 0 Å². The predicted molar refractivity (Wildman–Crippen MR) is 137 cm³/mol. The number of nitrogens with two attached hydrogens (primary N) is 1. The van der Waals surface area contributed by atoms with Crippen LogP contribution in [0, 0.1) is 5.92 Å². The van der Waals surface area contributed by atoms with Crippen molar-refractivity contribution in [3.8, 4) is 0 Å². The number of aryl methyl sites for hydroxylation is 1. The summed E-state index contributed by atoms with van der Waals surface area (Å²) >= 11 is 0. The summed E-state index contributed by atoms with van der Waals surface area (Å²) in [6, 6.07) is 9.75. The lowest BCUT2D eigenvalue weighted by Gasteiger charge is -2.14. The molecule has 1 amide bonds. The van der Waals surface area contributed by atoms with Crippen molar-refractivity contribution in [2.24, 2.45) is 11.7 Å². The summed E-state index contributed by atoms with van der Waals surface area (Å²) in [5.74, 6) is 2.28. The molecule has 1 aromatic carbocycles. The summed E-state index contributed by atoms with van der Waals surface area (Å²) in [7, 11) is 0. The van der Waals surface area contributed by atoms with Crippen LogP contribution in [0.4, 0.5) is 17.5 Å². The third-order valence-corrected chi connectivity index (χ3v) is 6.17. The molecule has 2 fully saturated rings. The monoisotopic (exact) mass is 461 g/mol. The van der Waals surface area contributed by atoms with E-state index in [1.54, 1.807) is 12.3 Å². The summed E-state index contributed by atoms with van der Waals surface area (Å²) in [5.41, 5.74) is 9.12. The third-order valence-electron chi connectivity index (χ3n) is 6.17. The van der Waals surface area contributed by atoms with E-state index in [0.29, 0.717) is 36.3 Å². The second kappa shape index (κ2) is 11.7. The van der Waals surface area contributed by atoms with E-state index in [4.69, 9.17) is 5.73 Å². The first-order valence-electron chi connectivity index (χ1n) is 12.2. The van der Waals surface area contributed by atoms with Gasteiger partial charge in [-0.2, -0.15) is 4.98 Å². The van der Waals surface area contributed by atoms with Crippen LogP contribution in [-0.2, 0) is 11.2 Å². The molecule has 1 aromatic heterocycles. The zero-order valence-corrected chi connectivity index (χ0v) is 19.7. The van der Waals surface area contributed by atoms with Crippen LogP contribution >= 0.6 is 0 Å². The minimum atomic E-state index is 0.105. The van der Waals surface area contributed by atoms with Crippen LogP contribution in [0.15, 0.2) is 60.6 Å². The second-order valence-corrected chi connectivity index (χ2v) is 9.06. The van der Waals surface area contributed by atoms with Crippen molar-refractivity contribution in [1.29, 1.82) is 0 Å². The maximum absolute atomic E-state index is 12.1. The molecule has 1 saturated heterocycles. The summed E-state index contributed by atoms with van der Waals surface area (Å²) in [4.78, 5) is 23.3. The average Bonchev–Trinajstić information content (AvgIpc) is 3.55. The minimum Gasteiger partial charge on any atom is -0.385 e. The Morgan fingerprint density at radius 2 is 1.94 bits per heavy atom. The SMILES string of the molecule is C=C(/C=C(\N)Nc1ccnc(Nc2ccc(CCC(=O)NCCN3CCCC3)cc2)n1)C1CC1. The smallest absolute Gasteiger partial charge is 0.229 e. The fourth-order valence-corrected chi connectivity index (χ4v) is 4.03. The molecule has 2 aromatic rings. The van der Waals surface area contributed by atoms with Crippen molar-refractivity contribution in [3.63, 3.8) is 0 Å². The summed E-state index contributed by atoms with van der Waals surface area (Å²) < 4.78 is 0. The topological polar surface area (TPSA) is 108 Å². The first-order valence-corrected chi connectivity index (χ1v) is 12.2. The Labute approximate surface area is 201 Å². The highest BCUT2D eigenvalue weighted by molar-refractivity contribution is 5.76. The summed E-state index contributed by atoms with van der Waals surface area (Å²) in [6.07, 6.45) is 9.68. The number of nitrogens with zero attached hydrogens (tertiary/aromatic N) is 3. The van der Waals surface area contributed by atoms with Crippen molar-refractivity contribution in [1.82, 2.24) is 20.2 Å². The predicted octanol–water partition coefficient (Wildman–Crippen LogP) is 3.54. The highest BCUT2D eigenvalue weighted by atomic mass is 16.1. The van der Waals surface area contributed by atoms with E-state index in [1.165, 1.54) is 25.7 Å². The Balaban J connectivity index is 1.21. The number of allylic oxidation sites excluding steroid dienone is 2. The van der Waals surface area contributed by atoms with Crippen molar-refractivity contribution in [2.75, 3.05) is 36.8 Å². The molecule has 180 valence electrons. The number of aromatic nitrogens is 2. The molecule has 5 N–H and O–H groups in total. The van der Waals surface area contributed by atoms with Crippen molar-refractivity contribution >= 4 is 23.4 Å². The molecule has 0 bridgehead atoms. The van der Waals surface area contributed by atoms with Crippen LogP contribution in [0.5, 0.6) is 0 Å². The Morgan fingerprint density at radius 3 is 2.68 bits per heavy atom. The number of rotatable bonds is 12. The van der Waals surface area contributed by atoms with Crippen molar-refractivity contribution < 1.29 is 4.79 Å². The lowest BCUT2D eigenvalue weighted by atomic mass is 10.1. The molecule has 8 nitrogen and oxygen atoms in total. The van der Waals surface area contributed by atoms with Gasteiger partial charge in [-0.25, -0.2) is 4.98 Å². The number of hydrogen-bond donors (Lipinski definition) is 4. The molecular weight excluding hydrogens is 426 g/mol. The van der Waals surface area contributed by atoms with Gasteiger partial charge >= 0.3 is 0 Å². The fourth-order valence-electron chi connectivity index (χ4n) is 4.03. The zero-order chi connectivity index (χ0) is 23.8. The third kappa shape index (κ3) is 7.59. The Bertz CT molecular complexity index is 1010. The van der Waals surface area contributed by atoms with E-state index in [9.17, 15) is 4.79 Å². The standard InChI is InChI=1S/C26H35N7O/c1-19(21-7-8-21)18-23(27)31-24-12-13-29-26(32-24)30-22-9-4-20(5-10-22)6-11-25(34)28-14-17-33-15-2-3-16-33/h4-5,9-10,12-13,18,21H,1-3,6-8,11,14-17,27H2,(H,28,34)(H2,29,30,31,32)/b23-18+. The molecule has 4 rings (SSSR count). The number of nitrogens with one attached hydrogen (secondary N) is 3. The molecule has 0 atom stereocenters. The van der Waals surface area contributed by atoms with Gasteiger partial charge in [0.2, 0.25) is 11.9 Å². The lowest BCUT2D eigenvalue weighted by molar-refractivity contribution is -0.121. The molecule has 1 saturated carbocycles. The summed E-state index contributed by atoms with van der Waals surface area (Å²) in [6.45, 7) is 8.05. The first-order chi connectivity index (χ1) is 16.5. The Hall–Kier alpha value is -3.39. The van der Waals surface area contributed by atoms with Gasteiger partial charge in [0.1, 0.15) is 11.6 Å². The van der Waals surface area contributed by atoms with Crippen LogP contribution in [-0.4, -0.2) is 47.0 Å². The zero-order valence-electron chi connectivity index (χ0n) is 19.7. The van der Waals surface area contributed by atoms with E-state index in [2.05, 4.69) is 37.4 Å². The summed E-state index contributed by atoms with van der Waals surface area (Å²) in [5, 5.41) is 9.33. The van der Waals surface area contributed by atoms with Crippen LogP contribution in [0.1, 0.15) is 37.7 Å². The molecule has 1 aliphatic heterocycles. The Kier molecular flexibility index (Phi) is 8.14. The number of amides is 1. The number of anilines is 3. The molecule has 0 spiro atoms. The molecule has 2 heterocycles. The molecule has 34 heavy (non-hydrogen) atoms. The van der Waals surface area contributed by atoms with E-state index in [1.807, 2.05) is 30.3 Å². The normalized spacial score (nSPS) is 16.3. The van der Waals surface area contributed by atoms with Gasteiger partial charge in [-0.3, -0.25) is 4.79 Å². The van der Waals surface area contributed by atoms with Crippen LogP contribution < -0.4 is 21.7 Å². The molecular formula is C26H35N7O. The van der Waals surface area contributed by atoms with E-state index >= 15 is 0 Å². The van der Waals surface area contributed by atoms with Gasteiger partial charge < -0.3 is 26.6 Å². The molecule has 2 aliphatic rings. The van der Waals surface area contributed by atoms with Gasteiger partial charge in [0, 0.05) is 31.4 Å². The first kappa shape index (κ1) is 23.8. The largest absolute Gasteiger partial charge is 0.385 e. The molecule has 0 unspecified atom stereocenters. The maximum Gasteiger partial charge on any atom is 0.229 e. The van der Waals surface area contributed by atoms with Crippen LogP contribution in [0.2, 0.25) is 0 Å². The van der Waals surface area contributed by atoms with Gasteiger partial charge in [-0.05, 0) is 86.5 Å². The number of carbonyl (C=O) groups is 1. The van der Waals surface area contributed by atoms with Crippen LogP contribution in [0.3, 0.4) is 0 Å². The van der Waals surface area contributed by atoms with Gasteiger partial charge in [0.15, 0.2) is 0 Å². The van der Waals surface area contributed by atoms with Crippen molar-refractivity contribution in [2.45, 2.75) is 38.5 Å². The minimum absolute atomic E-state index is 0.105. The molecule has 0 radical (unpaired) electrons. The number of benzene rings is 1. The lowest BCUT2D eigenvalue weighted by Crippen LogP contribution is -2.33. The average molecular weight is 462 g/mol. The quantitative estimate of drug-likeness (QED) is 0.358. The van der Waals surface area contributed by atoms with Crippen molar-refractivity contribution in [3.05, 3.63) is 66.1 Å². The highest BCUT2D eigenvalue weighted by Crippen LogP contribution is 2.36. The fraction of sp³-hybridized carbons (Fsp3) is 0.423. The van der Waals surface area contributed by atoms with Crippen LogP contribution in [0.25, 0.3) is 0 Å².